The Morgan fingerprint density at radius 2 is 1.12 bits per heavy atom. The fourth-order valence-electron chi connectivity index (χ4n) is 12.0. The van der Waals surface area contributed by atoms with Crippen LogP contribution < -0.4 is 9.47 Å². The molecule has 0 amide bonds. The molecule has 4 fully saturated rings. The minimum absolute atomic E-state index is 0. The maximum atomic E-state index is 12.7. The Bertz CT molecular complexity index is 1750. The summed E-state index contributed by atoms with van der Waals surface area (Å²) in [7, 11) is 0. The number of piperidine rings is 2. The minimum Gasteiger partial charge on any atom is -0.504 e. The van der Waals surface area contributed by atoms with Crippen LogP contribution in [-0.2, 0) is 23.7 Å². The van der Waals surface area contributed by atoms with Crippen LogP contribution in [0, 0.1) is 0 Å². The molecule has 50 heavy (non-hydrogen) atoms. The highest BCUT2D eigenvalue weighted by atomic mass is 35.5. The molecule has 4 aliphatic heterocycles. The smallest absolute Gasteiger partial charge is 0.166 e. The van der Waals surface area contributed by atoms with Crippen molar-refractivity contribution >= 4 is 36.2 Å². The highest BCUT2D eigenvalue weighted by Gasteiger charge is 2.74. The number of aliphatic hydroxyl groups is 2. The summed E-state index contributed by atoms with van der Waals surface area (Å²) in [5.41, 5.74) is 1.99. The number of halogens is 2. The molecule has 4 heterocycles. The Balaban J connectivity index is 0.00000180. The quantitative estimate of drug-likeness (QED) is 0.268. The molecule has 8 aliphatic rings. The van der Waals surface area contributed by atoms with Gasteiger partial charge in [-0.3, -0.25) is 9.80 Å². The second-order valence-corrected chi connectivity index (χ2v) is 15.4. The zero-order valence-corrected chi connectivity index (χ0v) is 29.5. The molecule has 266 valence electrons. The molecule has 10 rings (SSSR count). The maximum Gasteiger partial charge on any atom is 0.166 e. The third-order valence-electron chi connectivity index (χ3n) is 13.8. The largest absolute Gasteiger partial charge is 0.504 e. The van der Waals surface area contributed by atoms with E-state index in [4.69, 9.17) is 19.7 Å². The molecule has 2 saturated heterocycles. The third kappa shape index (κ3) is 3.75. The van der Waals surface area contributed by atoms with E-state index in [9.17, 15) is 20.4 Å². The van der Waals surface area contributed by atoms with Crippen molar-refractivity contribution in [1.82, 2.24) is 9.80 Å². The van der Waals surface area contributed by atoms with Crippen molar-refractivity contribution in [3.63, 3.8) is 0 Å². The molecular formula is C38H44Cl2N4O6. The van der Waals surface area contributed by atoms with Gasteiger partial charge in [0.25, 0.3) is 0 Å². The van der Waals surface area contributed by atoms with Crippen molar-refractivity contribution in [3.8, 4) is 23.0 Å². The van der Waals surface area contributed by atoms with Crippen molar-refractivity contribution in [1.29, 1.82) is 0 Å². The van der Waals surface area contributed by atoms with Crippen molar-refractivity contribution < 1.29 is 29.9 Å². The van der Waals surface area contributed by atoms with E-state index in [2.05, 4.69) is 23.0 Å². The molecule has 0 aromatic heterocycles. The number of ether oxygens (including phenoxy) is 2. The van der Waals surface area contributed by atoms with Crippen molar-refractivity contribution in [3.05, 3.63) is 71.8 Å². The first-order valence-corrected chi connectivity index (χ1v) is 17.5. The Morgan fingerprint density at radius 3 is 1.52 bits per heavy atom. The predicted molar refractivity (Wildman–Crippen MR) is 194 cm³/mol. The van der Waals surface area contributed by atoms with Crippen LogP contribution in [0.25, 0.3) is 0 Å². The zero-order valence-electron chi connectivity index (χ0n) is 27.9. The van der Waals surface area contributed by atoms with Gasteiger partial charge in [0.2, 0.25) is 0 Å². The Hall–Kier alpha value is -3.12. The number of likely N-dealkylation sites (tertiary alicyclic amines) is 2. The summed E-state index contributed by atoms with van der Waals surface area (Å²) in [6.07, 6.45) is 7.42. The molecule has 4 aliphatic carbocycles. The summed E-state index contributed by atoms with van der Waals surface area (Å²) < 4.78 is 13.3. The van der Waals surface area contributed by atoms with Gasteiger partial charge in [-0.2, -0.15) is 10.2 Å². The molecule has 0 radical (unpaired) electrons. The van der Waals surface area contributed by atoms with E-state index in [1.54, 1.807) is 12.1 Å². The number of phenolic OH excluding ortho intramolecular Hbond substituents is 2. The van der Waals surface area contributed by atoms with Gasteiger partial charge in [-0.1, -0.05) is 24.3 Å². The van der Waals surface area contributed by atoms with Crippen LogP contribution in [0.1, 0.15) is 60.8 Å². The topological polar surface area (TPSA) is 131 Å². The van der Waals surface area contributed by atoms with E-state index in [0.717, 1.165) is 46.8 Å². The van der Waals surface area contributed by atoms with Crippen molar-refractivity contribution in [2.75, 3.05) is 26.2 Å². The summed E-state index contributed by atoms with van der Waals surface area (Å²) in [6, 6.07) is 7.18. The average molecular weight is 724 g/mol. The fourth-order valence-corrected chi connectivity index (χ4v) is 12.0. The Kier molecular flexibility index (Phi) is 7.61. The minimum atomic E-state index is -1.06. The maximum absolute atomic E-state index is 12.7. The molecule has 2 saturated carbocycles. The lowest BCUT2D eigenvalue weighted by molar-refractivity contribution is -0.164. The number of hydrogen-bond donors (Lipinski definition) is 4. The monoisotopic (exact) mass is 722 g/mol. The molecule has 8 unspecified atom stereocenters. The number of rotatable bonds is 5. The van der Waals surface area contributed by atoms with Gasteiger partial charge in [-0.25, -0.2) is 0 Å². The first-order chi connectivity index (χ1) is 23.2. The van der Waals surface area contributed by atoms with Gasteiger partial charge in [0.1, 0.15) is 0 Å². The lowest BCUT2D eigenvalue weighted by Crippen LogP contribution is -2.76. The zero-order chi connectivity index (χ0) is 32.8. The van der Waals surface area contributed by atoms with Crippen LogP contribution >= 0.6 is 24.8 Å². The molecule has 8 atom stereocenters. The van der Waals surface area contributed by atoms with Gasteiger partial charge in [-0.15, -0.1) is 38.0 Å². The van der Waals surface area contributed by atoms with Crippen LogP contribution in [0.15, 0.2) is 59.8 Å². The van der Waals surface area contributed by atoms with E-state index in [1.807, 2.05) is 24.3 Å². The number of nitrogens with zero attached hydrogens (tertiary/aromatic N) is 4. The summed E-state index contributed by atoms with van der Waals surface area (Å²) in [4.78, 5) is 4.68. The van der Waals surface area contributed by atoms with Crippen LogP contribution in [0.5, 0.6) is 23.0 Å². The van der Waals surface area contributed by atoms with E-state index in [1.165, 1.54) is 0 Å². The summed E-state index contributed by atoms with van der Waals surface area (Å²) in [6.45, 7) is 10.9. The second kappa shape index (κ2) is 11.2. The summed E-state index contributed by atoms with van der Waals surface area (Å²) in [5.74, 6) is 1.11. The van der Waals surface area contributed by atoms with Crippen molar-refractivity contribution in [2.45, 2.75) is 97.7 Å². The Morgan fingerprint density at radius 1 is 0.700 bits per heavy atom. The van der Waals surface area contributed by atoms with Crippen molar-refractivity contribution in [2.24, 2.45) is 10.2 Å². The fraction of sp³-hybridized carbons (Fsp3) is 0.526. The standard InChI is InChI=1S/C38H42N4O6.2ClH/c1-3-15-41-17-13-35-29-21-5-7-25(43)31(29)47-33(35)23(9-11-37(35,45)27(41)19-21)39-40-24-10-12-38(46)28-20-22-6-8-26(44)32-30(22)36(38,34(24)48-32)14-18-42(28)16-4-2;;/h3-8,27-28,33-34,43-46H,1-2,9-20H2;2*1H. The molecule has 4 N–H and O–H groups in total. The third-order valence-corrected chi connectivity index (χ3v) is 13.8. The molecule has 10 nitrogen and oxygen atoms in total. The Labute approximate surface area is 304 Å². The van der Waals surface area contributed by atoms with Crippen LogP contribution in [-0.4, -0.2) is 103 Å². The lowest BCUT2D eigenvalue weighted by Gasteiger charge is -2.63. The number of benzene rings is 2. The summed E-state index contributed by atoms with van der Waals surface area (Å²) >= 11 is 0. The van der Waals surface area contributed by atoms with Crippen LogP contribution in [0.4, 0.5) is 0 Å². The second-order valence-electron chi connectivity index (χ2n) is 15.4. The molecule has 2 aromatic carbocycles. The number of aromatic hydroxyl groups is 2. The highest BCUT2D eigenvalue weighted by Crippen LogP contribution is 2.66. The van der Waals surface area contributed by atoms with Crippen LogP contribution in [0.3, 0.4) is 0 Å². The first kappa shape index (κ1) is 34.0. The van der Waals surface area contributed by atoms with E-state index in [0.29, 0.717) is 76.0 Å². The molecule has 2 aromatic rings. The highest BCUT2D eigenvalue weighted by molar-refractivity contribution is 5.98. The van der Waals surface area contributed by atoms with Gasteiger partial charge >= 0.3 is 0 Å². The van der Waals surface area contributed by atoms with Gasteiger partial charge in [-0.05, 0) is 74.6 Å². The predicted octanol–water partition coefficient (Wildman–Crippen LogP) is 4.12. The lowest BCUT2D eigenvalue weighted by atomic mass is 9.48. The molecular weight excluding hydrogens is 679 g/mol. The first-order valence-electron chi connectivity index (χ1n) is 17.5. The number of phenols is 2. The molecule has 4 bridgehead atoms. The SMILES string of the molecule is C=CCN1CCC23c4c5ccc(O)c4OC2C(=NN=C2CCC4(O)C6Cc7ccc(O)c8c7C4(CCN6CC=C)C2O8)CCC3(O)C1C5.Cl.Cl. The summed E-state index contributed by atoms with van der Waals surface area (Å²) in [5, 5.41) is 57.4. The van der Waals surface area contributed by atoms with Gasteiger partial charge in [0.05, 0.1) is 33.5 Å². The normalized spacial score (nSPS) is 39.7. The van der Waals surface area contributed by atoms with Gasteiger partial charge in [0, 0.05) is 49.4 Å². The van der Waals surface area contributed by atoms with Gasteiger partial charge in [0.15, 0.2) is 35.2 Å². The van der Waals surface area contributed by atoms with E-state index >= 15 is 0 Å². The van der Waals surface area contributed by atoms with E-state index < -0.39 is 34.2 Å². The van der Waals surface area contributed by atoms with E-state index in [-0.39, 0.29) is 48.4 Å². The molecule has 2 spiro atoms. The molecule has 12 heteroatoms. The van der Waals surface area contributed by atoms with Crippen LogP contribution in [0.2, 0.25) is 0 Å². The average Bonchev–Trinajstić information content (AvgIpc) is 3.61. The van der Waals surface area contributed by atoms with Gasteiger partial charge < -0.3 is 29.9 Å². The number of hydrogen-bond acceptors (Lipinski definition) is 10.